The smallest absolute Gasteiger partial charge is 0.119 e. The first-order valence-corrected chi connectivity index (χ1v) is 7.05. The molecule has 2 unspecified atom stereocenters. The van der Waals surface area contributed by atoms with E-state index in [1.165, 1.54) is 11.1 Å². The van der Waals surface area contributed by atoms with E-state index in [-0.39, 0.29) is 18.2 Å². The number of hydrogen-bond acceptors (Lipinski definition) is 3. The monoisotopic (exact) mass is 267 g/mol. The van der Waals surface area contributed by atoms with E-state index in [9.17, 15) is 10.2 Å². The average Bonchev–Trinajstić information content (AvgIpc) is 2.72. The lowest BCUT2D eigenvalue weighted by Crippen LogP contribution is -2.44. The van der Waals surface area contributed by atoms with Gasteiger partial charge in [-0.05, 0) is 35.6 Å². The summed E-state index contributed by atoms with van der Waals surface area (Å²) >= 11 is 0. The quantitative estimate of drug-likeness (QED) is 0.782. The zero-order chi connectivity index (χ0) is 13.7. The van der Waals surface area contributed by atoms with Crippen LogP contribution in [0.15, 0.2) is 42.5 Å². The normalized spacial score (nSPS) is 26.1. The highest BCUT2D eigenvalue weighted by Crippen LogP contribution is 2.51. The van der Waals surface area contributed by atoms with E-state index in [1.54, 1.807) is 6.07 Å². The number of phenolic OH excluding ortho intramolecular Hbond substituents is 1. The summed E-state index contributed by atoms with van der Waals surface area (Å²) in [6.07, 6.45) is 1.42. The lowest BCUT2D eigenvalue weighted by Gasteiger charge is -2.37. The average molecular weight is 267 g/mol. The van der Waals surface area contributed by atoms with E-state index in [1.807, 2.05) is 12.1 Å². The molecule has 3 N–H and O–H groups in total. The lowest BCUT2D eigenvalue weighted by atomic mass is 9.78. The van der Waals surface area contributed by atoms with Crippen LogP contribution in [0.2, 0.25) is 0 Å². The highest BCUT2D eigenvalue weighted by Gasteiger charge is 2.48. The number of nitrogens with one attached hydrogen (secondary N) is 1. The van der Waals surface area contributed by atoms with E-state index in [0.717, 1.165) is 17.5 Å². The number of benzene rings is 2. The van der Waals surface area contributed by atoms with Crippen LogP contribution >= 0.6 is 0 Å². The molecule has 2 aliphatic rings. The molecule has 0 aliphatic carbocycles. The fraction of sp³-hybridized carbons (Fsp3) is 0.294. The number of phenols is 1. The molecule has 0 spiro atoms. The molecule has 0 fully saturated rings. The van der Waals surface area contributed by atoms with Crippen molar-refractivity contribution in [2.24, 2.45) is 0 Å². The molecule has 0 radical (unpaired) electrons. The SMILES string of the molecule is OCCC12NC(Cc3c(O)cccc31)c1ccccc12. The Morgan fingerprint density at radius 2 is 1.90 bits per heavy atom. The van der Waals surface area contributed by atoms with Crippen LogP contribution in [-0.4, -0.2) is 16.8 Å². The summed E-state index contributed by atoms with van der Waals surface area (Å²) in [4.78, 5) is 0. The van der Waals surface area contributed by atoms with Gasteiger partial charge >= 0.3 is 0 Å². The zero-order valence-electron chi connectivity index (χ0n) is 11.1. The van der Waals surface area contributed by atoms with E-state index in [2.05, 4.69) is 29.6 Å². The second-order valence-electron chi connectivity index (χ2n) is 5.67. The van der Waals surface area contributed by atoms with E-state index >= 15 is 0 Å². The van der Waals surface area contributed by atoms with Crippen LogP contribution in [0, 0.1) is 0 Å². The summed E-state index contributed by atoms with van der Waals surface area (Å²) in [6, 6.07) is 14.3. The Balaban J connectivity index is 2.03. The number of hydrogen-bond donors (Lipinski definition) is 3. The number of aromatic hydroxyl groups is 1. The zero-order valence-corrected chi connectivity index (χ0v) is 11.1. The second-order valence-corrected chi connectivity index (χ2v) is 5.67. The Labute approximate surface area is 117 Å². The van der Waals surface area contributed by atoms with Gasteiger partial charge in [-0.2, -0.15) is 0 Å². The molecule has 20 heavy (non-hydrogen) atoms. The fourth-order valence-corrected chi connectivity index (χ4v) is 3.93. The van der Waals surface area contributed by atoms with Gasteiger partial charge in [-0.25, -0.2) is 0 Å². The first-order valence-electron chi connectivity index (χ1n) is 7.05. The number of aliphatic hydroxyl groups excluding tert-OH is 1. The maximum atomic E-state index is 10.2. The van der Waals surface area contributed by atoms with Gasteiger partial charge in [-0.1, -0.05) is 36.4 Å². The maximum Gasteiger partial charge on any atom is 0.119 e. The summed E-state index contributed by atoms with van der Waals surface area (Å²) in [5.41, 5.74) is 4.29. The molecule has 2 aromatic carbocycles. The van der Waals surface area contributed by atoms with Crippen molar-refractivity contribution >= 4 is 0 Å². The van der Waals surface area contributed by atoms with Crippen molar-refractivity contribution in [3.8, 4) is 5.75 Å². The first kappa shape index (κ1) is 11.9. The lowest BCUT2D eigenvalue weighted by molar-refractivity contribution is 0.225. The Morgan fingerprint density at radius 3 is 2.75 bits per heavy atom. The van der Waals surface area contributed by atoms with E-state index in [4.69, 9.17) is 0 Å². The van der Waals surface area contributed by atoms with Gasteiger partial charge in [0.25, 0.3) is 0 Å². The van der Waals surface area contributed by atoms with Gasteiger partial charge in [0.1, 0.15) is 5.75 Å². The summed E-state index contributed by atoms with van der Waals surface area (Å²) < 4.78 is 0. The van der Waals surface area contributed by atoms with Gasteiger partial charge in [-0.3, -0.25) is 5.32 Å². The van der Waals surface area contributed by atoms with Crippen LogP contribution in [0.4, 0.5) is 0 Å². The molecule has 102 valence electrons. The minimum atomic E-state index is -0.359. The summed E-state index contributed by atoms with van der Waals surface area (Å²) in [5, 5.41) is 23.4. The third-order valence-electron chi connectivity index (χ3n) is 4.72. The number of rotatable bonds is 2. The van der Waals surface area contributed by atoms with Gasteiger partial charge in [-0.15, -0.1) is 0 Å². The Bertz CT molecular complexity index is 682. The summed E-state index contributed by atoms with van der Waals surface area (Å²) in [7, 11) is 0. The molecule has 0 amide bonds. The van der Waals surface area contributed by atoms with Crippen LogP contribution in [0.3, 0.4) is 0 Å². The topological polar surface area (TPSA) is 52.5 Å². The molecule has 0 saturated heterocycles. The second kappa shape index (κ2) is 4.08. The predicted octanol–water partition coefficient (Wildman–Crippen LogP) is 2.22. The van der Waals surface area contributed by atoms with Gasteiger partial charge in [0.2, 0.25) is 0 Å². The molecule has 3 heteroatoms. The van der Waals surface area contributed by atoms with Crippen molar-refractivity contribution < 1.29 is 10.2 Å². The van der Waals surface area contributed by atoms with Gasteiger partial charge in [0.05, 0.1) is 5.54 Å². The van der Waals surface area contributed by atoms with Crippen LogP contribution in [0.5, 0.6) is 5.75 Å². The number of aliphatic hydroxyl groups is 1. The van der Waals surface area contributed by atoms with Crippen molar-refractivity contribution in [2.45, 2.75) is 24.4 Å². The molecule has 2 heterocycles. The van der Waals surface area contributed by atoms with E-state index < -0.39 is 0 Å². The maximum absolute atomic E-state index is 10.2. The van der Waals surface area contributed by atoms with Crippen molar-refractivity contribution in [3.05, 3.63) is 64.7 Å². The van der Waals surface area contributed by atoms with Crippen LogP contribution < -0.4 is 5.32 Å². The molecule has 2 atom stereocenters. The Morgan fingerprint density at radius 1 is 1.10 bits per heavy atom. The standard InChI is InChI=1S/C17H17NO2/c19-9-8-17-13-5-2-1-4-11(13)15(18-17)10-12-14(17)6-3-7-16(12)20/h1-7,15,18-20H,8-10H2. The highest BCUT2D eigenvalue weighted by molar-refractivity contribution is 5.57. The largest absolute Gasteiger partial charge is 0.508 e. The van der Waals surface area contributed by atoms with Gasteiger partial charge < -0.3 is 10.2 Å². The summed E-state index contributed by atoms with van der Waals surface area (Å²) in [6.45, 7) is 0.114. The summed E-state index contributed by atoms with van der Waals surface area (Å²) in [5.74, 6) is 0.365. The van der Waals surface area contributed by atoms with Crippen molar-refractivity contribution in [2.75, 3.05) is 6.61 Å². The minimum Gasteiger partial charge on any atom is -0.508 e. The molecule has 0 saturated carbocycles. The molecular formula is C17H17NO2. The van der Waals surface area contributed by atoms with Crippen LogP contribution in [0.1, 0.15) is 34.7 Å². The van der Waals surface area contributed by atoms with Gasteiger partial charge in [0, 0.05) is 18.2 Å². The third-order valence-corrected chi connectivity index (χ3v) is 4.72. The molecule has 2 bridgehead atoms. The Hall–Kier alpha value is -1.84. The molecule has 2 aliphatic heterocycles. The van der Waals surface area contributed by atoms with Crippen molar-refractivity contribution in [3.63, 3.8) is 0 Å². The fourth-order valence-electron chi connectivity index (χ4n) is 3.93. The number of fused-ring (bicyclic) bond motifs is 7. The predicted molar refractivity (Wildman–Crippen MR) is 76.6 cm³/mol. The molecular weight excluding hydrogens is 250 g/mol. The van der Waals surface area contributed by atoms with Crippen LogP contribution in [-0.2, 0) is 12.0 Å². The Kier molecular flexibility index (Phi) is 2.43. The van der Waals surface area contributed by atoms with E-state index in [0.29, 0.717) is 12.2 Å². The van der Waals surface area contributed by atoms with Gasteiger partial charge in [0.15, 0.2) is 0 Å². The highest BCUT2D eigenvalue weighted by atomic mass is 16.3. The first-order chi connectivity index (χ1) is 9.76. The molecule has 2 aromatic rings. The minimum absolute atomic E-state index is 0.114. The van der Waals surface area contributed by atoms with Crippen molar-refractivity contribution in [1.29, 1.82) is 0 Å². The molecule has 4 rings (SSSR count). The van der Waals surface area contributed by atoms with Crippen molar-refractivity contribution in [1.82, 2.24) is 5.32 Å². The third kappa shape index (κ3) is 1.37. The molecule has 3 nitrogen and oxygen atoms in total. The van der Waals surface area contributed by atoms with Crippen LogP contribution in [0.25, 0.3) is 0 Å². The molecule has 0 aromatic heterocycles.